The normalized spacial score (nSPS) is 21.2. The van der Waals surface area contributed by atoms with Crippen LogP contribution >= 0.6 is 0 Å². The molecule has 26 heavy (non-hydrogen) atoms. The molecule has 2 aromatic rings. The van der Waals surface area contributed by atoms with Crippen molar-refractivity contribution in [1.82, 2.24) is 20.0 Å². The molecule has 4 rings (SSSR count). The number of nitrogens with one attached hydrogen (secondary N) is 1. The predicted molar refractivity (Wildman–Crippen MR) is 89.5 cm³/mol. The van der Waals surface area contributed by atoms with E-state index in [0.29, 0.717) is 24.2 Å². The molecule has 6 nitrogen and oxygen atoms in total. The molecule has 2 saturated heterocycles. The molecule has 2 N–H and O–H groups in total. The van der Waals surface area contributed by atoms with E-state index >= 15 is 0 Å². The van der Waals surface area contributed by atoms with Gasteiger partial charge in [0.15, 0.2) is 0 Å². The largest absolute Gasteiger partial charge is 0.396 e. The zero-order chi connectivity index (χ0) is 18.3. The Morgan fingerprint density at radius 3 is 2.62 bits per heavy atom. The SMILES string of the molecule is O=C(c1cnn(Cc2cc(F)cc(F)c2)c1)N1C[C@@H](CO)C2(CNC2)C1. The summed E-state index contributed by atoms with van der Waals surface area (Å²) in [5.41, 5.74) is 0.841. The van der Waals surface area contributed by atoms with E-state index in [1.807, 2.05) is 0 Å². The maximum atomic E-state index is 13.3. The molecule has 1 aromatic carbocycles. The van der Waals surface area contributed by atoms with Crippen LogP contribution in [-0.2, 0) is 6.54 Å². The van der Waals surface area contributed by atoms with Crippen molar-refractivity contribution in [2.45, 2.75) is 6.54 Å². The molecule has 0 radical (unpaired) electrons. The maximum Gasteiger partial charge on any atom is 0.257 e. The summed E-state index contributed by atoms with van der Waals surface area (Å²) in [5.74, 6) is -1.34. The van der Waals surface area contributed by atoms with Gasteiger partial charge in [-0.05, 0) is 17.7 Å². The lowest BCUT2D eigenvalue weighted by Gasteiger charge is -2.42. The van der Waals surface area contributed by atoms with Crippen LogP contribution in [0.3, 0.4) is 0 Å². The molecule has 1 amide bonds. The Hall–Kier alpha value is -2.32. The fraction of sp³-hybridized carbons (Fsp3) is 0.444. The highest BCUT2D eigenvalue weighted by molar-refractivity contribution is 5.94. The smallest absolute Gasteiger partial charge is 0.257 e. The average Bonchev–Trinajstić information content (AvgIpc) is 3.17. The third-order valence-electron chi connectivity index (χ3n) is 5.42. The van der Waals surface area contributed by atoms with E-state index in [0.717, 1.165) is 19.2 Å². The number of aliphatic hydroxyl groups is 1. The molecule has 2 aliphatic rings. The lowest BCUT2D eigenvalue weighted by atomic mass is 9.73. The summed E-state index contributed by atoms with van der Waals surface area (Å²) in [7, 11) is 0. The number of benzene rings is 1. The number of aliphatic hydroxyl groups excluding tert-OH is 1. The number of likely N-dealkylation sites (tertiary alicyclic amines) is 1. The van der Waals surface area contributed by atoms with Gasteiger partial charge in [-0.1, -0.05) is 0 Å². The van der Waals surface area contributed by atoms with E-state index in [1.165, 1.54) is 23.0 Å². The predicted octanol–water partition coefficient (Wildman–Crippen LogP) is 0.864. The van der Waals surface area contributed by atoms with Gasteiger partial charge >= 0.3 is 0 Å². The van der Waals surface area contributed by atoms with Crippen LogP contribution in [0, 0.1) is 23.0 Å². The van der Waals surface area contributed by atoms with Crippen LogP contribution in [0.15, 0.2) is 30.6 Å². The second-order valence-corrected chi connectivity index (χ2v) is 7.24. The first-order chi connectivity index (χ1) is 12.5. The number of nitrogens with zero attached hydrogens (tertiary/aromatic N) is 3. The fourth-order valence-electron chi connectivity index (χ4n) is 3.92. The van der Waals surface area contributed by atoms with Gasteiger partial charge in [0.1, 0.15) is 11.6 Å². The number of hydrogen-bond donors (Lipinski definition) is 2. The number of halogens is 2. The Balaban J connectivity index is 1.47. The minimum Gasteiger partial charge on any atom is -0.396 e. The number of hydrogen-bond acceptors (Lipinski definition) is 4. The number of aromatic nitrogens is 2. The molecule has 2 aliphatic heterocycles. The van der Waals surface area contributed by atoms with Crippen LogP contribution in [0.5, 0.6) is 0 Å². The number of amides is 1. The second kappa shape index (κ2) is 6.44. The minimum absolute atomic E-state index is 0.0283. The first-order valence-corrected chi connectivity index (χ1v) is 8.57. The summed E-state index contributed by atoms with van der Waals surface area (Å²) < 4.78 is 28.1. The quantitative estimate of drug-likeness (QED) is 0.847. The summed E-state index contributed by atoms with van der Waals surface area (Å²) in [6, 6.07) is 3.30. The Morgan fingerprint density at radius 2 is 2.04 bits per heavy atom. The Labute approximate surface area is 149 Å². The highest BCUT2D eigenvalue weighted by Crippen LogP contribution is 2.39. The van der Waals surface area contributed by atoms with Crippen LogP contribution < -0.4 is 5.32 Å². The van der Waals surface area contributed by atoms with Gasteiger partial charge in [-0.2, -0.15) is 5.10 Å². The van der Waals surface area contributed by atoms with Crippen LogP contribution in [0.1, 0.15) is 15.9 Å². The Kier molecular flexibility index (Phi) is 4.24. The lowest BCUT2D eigenvalue weighted by molar-refractivity contribution is 0.0703. The Morgan fingerprint density at radius 1 is 1.31 bits per heavy atom. The average molecular weight is 362 g/mol. The van der Waals surface area contributed by atoms with Gasteiger partial charge < -0.3 is 15.3 Å². The van der Waals surface area contributed by atoms with Gasteiger partial charge in [0.2, 0.25) is 0 Å². The van der Waals surface area contributed by atoms with Gasteiger partial charge in [0, 0.05) is 56.4 Å². The van der Waals surface area contributed by atoms with E-state index in [2.05, 4.69) is 10.4 Å². The topological polar surface area (TPSA) is 70.4 Å². The van der Waals surface area contributed by atoms with E-state index in [-0.39, 0.29) is 30.4 Å². The summed E-state index contributed by atoms with van der Waals surface area (Å²) in [6.07, 6.45) is 3.05. The zero-order valence-corrected chi connectivity index (χ0v) is 14.2. The van der Waals surface area contributed by atoms with Crippen molar-refractivity contribution in [1.29, 1.82) is 0 Å². The van der Waals surface area contributed by atoms with E-state index in [4.69, 9.17) is 0 Å². The van der Waals surface area contributed by atoms with Gasteiger partial charge in [0.05, 0.1) is 18.3 Å². The number of rotatable bonds is 4. The van der Waals surface area contributed by atoms with Crippen molar-refractivity contribution in [3.63, 3.8) is 0 Å². The maximum absolute atomic E-state index is 13.3. The summed E-state index contributed by atoms with van der Waals surface area (Å²) >= 11 is 0. The van der Waals surface area contributed by atoms with Crippen LogP contribution in [0.25, 0.3) is 0 Å². The van der Waals surface area contributed by atoms with E-state index < -0.39 is 11.6 Å². The summed E-state index contributed by atoms with van der Waals surface area (Å²) in [5, 5.41) is 17.0. The lowest BCUT2D eigenvalue weighted by Crippen LogP contribution is -2.58. The molecule has 0 bridgehead atoms. The summed E-state index contributed by atoms with van der Waals surface area (Å²) in [6.45, 7) is 3.01. The van der Waals surface area contributed by atoms with Crippen molar-refractivity contribution < 1.29 is 18.7 Å². The zero-order valence-electron chi connectivity index (χ0n) is 14.2. The fourth-order valence-corrected chi connectivity index (χ4v) is 3.92. The van der Waals surface area contributed by atoms with Gasteiger partial charge in [0.25, 0.3) is 5.91 Å². The van der Waals surface area contributed by atoms with Crippen molar-refractivity contribution >= 4 is 5.91 Å². The molecule has 1 spiro atoms. The third kappa shape index (κ3) is 2.99. The number of carbonyl (C=O) groups excluding carboxylic acids is 1. The monoisotopic (exact) mass is 362 g/mol. The second-order valence-electron chi connectivity index (χ2n) is 7.24. The van der Waals surface area contributed by atoms with Gasteiger partial charge in [-0.3, -0.25) is 9.48 Å². The molecular weight excluding hydrogens is 342 g/mol. The molecule has 0 aliphatic carbocycles. The van der Waals surface area contributed by atoms with Crippen molar-refractivity contribution in [3.05, 3.63) is 53.4 Å². The molecular formula is C18H20F2N4O2. The molecule has 3 heterocycles. The van der Waals surface area contributed by atoms with Crippen LogP contribution in [0.4, 0.5) is 8.78 Å². The minimum atomic E-state index is -0.644. The molecule has 138 valence electrons. The molecule has 0 unspecified atom stereocenters. The third-order valence-corrected chi connectivity index (χ3v) is 5.42. The van der Waals surface area contributed by atoms with Gasteiger partial charge in [-0.15, -0.1) is 0 Å². The molecule has 8 heteroatoms. The highest BCUT2D eigenvalue weighted by Gasteiger charge is 2.51. The first kappa shape index (κ1) is 17.1. The van der Waals surface area contributed by atoms with Crippen molar-refractivity contribution in [2.24, 2.45) is 11.3 Å². The molecule has 1 atom stereocenters. The standard InChI is InChI=1S/C18H20F2N4O2/c19-15-1-12(2-16(20)3-15)5-24-6-13(4-22-24)17(26)23-7-14(8-25)18(11-23)9-21-10-18/h1-4,6,14,21,25H,5,7-11H2/t14-/m0/s1. The molecule has 2 fully saturated rings. The van der Waals surface area contributed by atoms with Crippen molar-refractivity contribution in [3.8, 4) is 0 Å². The van der Waals surface area contributed by atoms with Crippen LogP contribution in [0.2, 0.25) is 0 Å². The van der Waals surface area contributed by atoms with E-state index in [9.17, 15) is 18.7 Å². The molecule has 0 saturated carbocycles. The van der Waals surface area contributed by atoms with Crippen LogP contribution in [-0.4, -0.2) is 58.5 Å². The Bertz CT molecular complexity index is 814. The highest BCUT2D eigenvalue weighted by atomic mass is 19.1. The first-order valence-electron chi connectivity index (χ1n) is 8.57. The van der Waals surface area contributed by atoms with E-state index in [1.54, 1.807) is 11.1 Å². The molecule has 1 aromatic heterocycles. The van der Waals surface area contributed by atoms with Crippen molar-refractivity contribution in [2.75, 3.05) is 32.8 Å². The summed E-state index contributed by atoms with van der Waals surface area (Å²) in [4.78, 5) is 14.5. The van der Waals surface area contributed by atoms with Gasteiger partial charge in [-0.25, -0.2) is 8.78 Å². The number of carbonyl (C=O) groups is 1.